The Morgan fingerprint density at radius 1 is 0.914 bits per heavy atom. The number of hydrogen-bond donors (Lipinski definition) is 4. The molecule has 0 aromatic heterocycles. The van der Waals surface area contributed by atoms with Gasteiger partial charge in [-0.3, -0.25) is 0 Å². The maximum Gasteiger partial charge on any atom is 0.509 e. The third kappa shape index (κ3) is 11.2. The van der Waals surface area contributed by atoms with Crippen molar-refractivity contribution in [2.24, 2.45) is 11.5 Å². The summed E-state index contributed by atoms with van der Waals surface area (Å²) in [6.07, 6.45) is -2.84. The molecule has 6 N–H and O–H groups in total. The Kier molecular flexibility index (Phi) is 11.0. The molecule has 0 heterocycles. The maximum absolute atomic E-state index is 12.2. The van der Waals surface area contributed by atoms with Crippen LogP contribution in [0.2, 0.25) is 0 Å². The van der Waals surface area contributed by atoms with E-state index in [4.69, 9.17) is 25.7 Å². The van der Waals surface area contributed by atoms with Gasteiger partial charge in [0.2, 0.25) is 0 Å². The summed E-state index contributed by atoms with van der Waals surface area (Å²) >= 11 is 0. The molecule has 0 bridgehead atoms. The lowest BCUT2D eigenvalue weighted by atomic mass is 10.0. The fourth-order valence-electron chi connectivity index (χ4n) is 3.32. The van der Waals surface area contributed by atoms with Gasteiger partial charge >= 0.3 is 12.2 Å². The molecule has 192 valence electrons. The van der Waals surface area contributed by atoms with Crippen molar-refractivity contribution >= 4 is 12.2 Å². The molecule has 2 aromatic carbocycles. The molecule has 0 saturated heterocycles. The molecular formula is C26H37N3O6. The number of alkyl carbamates (subject to hydrolysis) is 1. The van der Waals surface area contributed by atoms with Gasteiger partial charge in [-0.15, -0.1) is 0 Å². The molecule has 4 atom stereocenters. The maximum atomic E-state index is 12.2. The summed E-state index contributed by atoms with van der Waals surface area (Å²) in [5.41, 5.74) is 13.4. The first-order valence-corrected chi connectivity index (χ1v) is 11.6. The molecule has 9 heteroatoms. The molecule has 0 aliphatic carbocycles. The molecular weight excluding hydrogens is 450 g/mol. The van der Waals surface area contributed by atoms with Gasteiger partial charge in [-0.25, -0.2) is 9.59 Å². The number of carbonyl (C=O) groups excluding carboxylic acids is 2. The fourth-order valence-corrected chi connectivity index (χ4v) is 3.32. The first-order chi connectivity index (χ1) is 16.5. The van der Waals surface area contributed by atoms with E-state index in [9.17, 15) is 14.7 Å². The lowest BCUT2D eigenvalue weighted by Crippen LogP contribution is -2.39. The van der Waals surface area contributed by atoms with Crippen molar-refractivity contribution in [2.75, 3.05) is 13.2 Å². The second kappa shape index (κ2) is 13.7. The van der Waals surface area contributed by atoms with E-state index in [2.05, 4.69) is 5.32 Å². The highest BCUT2D eigenvalue weighted by molar-refractivity contribution is 5.67. The van der Waals surface area contributed by atoms with Crippen LogP contribution in [-0.4, -0.2) is 48.3 Å². The zero-order chi connectivity index (χ0) is 25.8. The van der Waals surface area contributed by atoms with Crippen molar-refractivity contribution < 1.29 is 28.9 Å². The van der Waals surface area contributed by atoms with Crippen LogP contribution in [0, 0.1) is 0 Å². The number of rotatable bonds is 11. The van der Waals surface area contributed by atoms with Crippen LogP contribution in [0.5, 0.6) is 0 Å². The van der Waals surface area contributed by atoms with Gasteiger partial charge < -0.3 is 36.1 Å². The Hall–Kier alpha value is -3.14. The normalized spacial score (nSPS) is 14.8. The molecule has 0 aliphatic heterocycles. The van der Waals surface area contributed by atoms with Crippen LogP contribution in [0.3, 0.4) is 0 Å². The van der Waals surface area contributed by atoms with Crippen molar-refractivity contribution in [1.82, 2.24) is 5.32 Å². The summed E-state index contributed by atoms with van der Waals surface area (Å²) in [6, 6.07) is 17.9. The number of amides is 1. The van der Waals surface area contributed by atoms with Crippen LogP contribution in [-0.2, 0) is 14.2 Å². The molecule has 0 aliphatic rings. The third-order valence-electron chi connectivity index (χ3n) is 5.03. The van der Waals surface area contributed by atoms with Crippen LogP contribution in [0.1, 0.15) is 56.8 Å². The van der Waals surface area contributed by atoms with E-state index in [1.807, 2.05) is 60.7 Å². The summed E-state index contributed by atoms with van der Waals surface area (Å²) in [7, 11) is 0. The summed E-state index contributed by atoms with van der Waals surface area (Å²) in [6.45, 7) is 4.91. The standard InChI is InChI=1S/C26H37N3O6/c1-26(2,3)35-25(32)34-21(15-23(28)19-12-8-5-9-13-19)16-29-24(31)33-17-20(30)14-22(27)18-10-6-4-7-11-18/h4-13,20-23,30H,14-17,27-28H2,1-3H3,(H,29,31). The van der Waals surface area contributed by atoms with Gasteiger partial charge in [0.15, 0.2) is 0 Å². The molecule has 0 spiro atoms. The minimum atomic E-state index is -0.934. The second-order valence-electron chi connectivity index (χ2n) is 9.34. The van der Waals surface area contributed by atoms with Gasteiger partial charge in [0.25, 0.3) is 0 Å². The van der Waals surface area contributed by atoms with Crippen molar-refractivity contribution in [2.45, 2.75) is 63.5 Å². The van der Waals surface area contributed by atoms with Gasteiger partial charge in [-0.1, -0.05) is 60.7 Å². The predicted molar refractivity (Wildman–Crippen MR) is 132 cm³/mol. The molecule has 35 heavy (non-hydrogen) atoms. The number of carbonyl (C=O) groups is 2. The first kappa shape index (κ1) is 28.1. The minimum Gasteiger partial charge on any atom is -0.447 e. The lowest BCUT2D eigenvalue weighted by molar-refractivity contribution is -0.0293. The van der Waals surface area contributed by atoms with E-state index in [0.29, 0.717) is 0 Å². The number of hydrogen-bond acceptors (Lipinski definition) is 8. The van der Waals surface area contributed by atoms with Crippen LogP contribution >= 0.6 is 0 Å². The summed E-state index contributed by atoms with van der Waals surface area (Å²) in [5, 5.41) is 12.7. The number of aliphatic hydroxyl groups is 1. The van der Waals surface area contributed by atoms with Crippen LogP contribution in [0.4, 0.5) is 9.59 Å². The smallest absolute Gasteiger partial charge is 0.447 e. The first-order valence-electron chi connectivity index (χ1n) is 11.6. The molecule has 0 fully saturated rings. The highest BCUT2D eigenvalue weighted by atomic mass is 16.7. The van der Waals surface area contributed by atoms with E-state index in [0.717, 1.165) is 11.1 Å². The van der Waals surface area contributed by atoms with Crippen LogP contribution < -0.4 is 16.8 Å². The minimum absolute atomic E-state index is 0.0434. The topological polar surface area (TPSA) is 146 Å². The summed E-state index contributed by atoms with van der Waals surface area (Å²) in [5.74, 6) is 0. The van der Waals surface area contributed by atoms with Crippen molar-refractivity contribution in [3.8, 4) is 0 Å². The zero-order valence-electron chi connectivity index (χ0n) is 20.6. The fraction of sp³-hybridized carbons (Fsp3) is 0.462. The van der Waals surface area contributed by atoms with Gasteiger partial charge in [-0.2, -0.15) is 0 Å². The van der Waals surface area contributed by atoms with Crippen LogP contribution in [0.15, 0.2) is 60.7 Å². The highest BCUT2D eigenvalue weighted by Gasteiger charge is 2.24. The molecule has 4 unspecified atom stereocenters. The van der Waals surface area contributed by atoms with E-state index in [1.165, 1.54) is 0 Å². The molecule has 2 rings (SSSR count). The Morgan fingerprint density at radius 2 is 1.43 bits per heavy atom. The van der Waals surface area contributed by atoms with Gasteiger partial charge in [0.1, 0.15) is 18.3 Å². The highest BCUT2D eigenvalue weighted by Crippen LogP contribution is 2.19. The lowest BCUT2D eigenvalue weighted by Gasteiger charge is -2.25. The summed E-state index contributed by atoms with van der Waals surface area (Å²) < 4.78 is 15.8. The Labute approximate surface area is 206 Å². The number of nitrogens with two attached hydrogens (primary N) is 2. The number of benzene rings is 2. The molecule has 0 radical (unpaired) electrons. The monoisotopic (exact) mass is 487 g/mol. The Morgan fingerprint density at radius 3 is 1.94 bits per heavy atom. The zero-order valence-corrected chi connectivity index (χ0v) is 20.6. The third-order valence-corrected chi connectivity index (χ3v) is 5.03. The van der Waals surface area contributed by atoms with Crippen molar-refractivity contribution in [1.29, 1.82) is 0 Å². The Balaban J connectivity index is 1.86. The largest absolute Gasteiger partial charge is 0.509 e. The summed E-state index contributed by atoms with van der Waals surface area (Å²) in [4.78, 5) is 24.4. The van der Waals surface area contributed by atoms with E-state index in [1.54, 1.807) is 20.8 Å². The van der Waals surface area contributed by atoms with Gasteiger partial charge in [-0.05, 0) is 38.3 Å². The van der Waals surface area contributed by atoms with E-state index >= 15 is 0 Å². The molecule has 0 saturated carbocycles. The predicted octanol–water partition coefficient (Wildman–Crippen LogP) is 3.57. The van der Waals surface area contributed by atoms with Crippen molar-refractivity contribution in [3.63, 3.8) is 0 Å². The molecule has 2 aromatic rings. The van der Waals surface area contributed by atoms with Gasteiger partial charge in [0, 0.05) is 18.5 Å². The van der Waals surface area contributed by atoms with Gasteiger partial charge in [0.05, 0.1) is 12.6 Å². The number of ether oxygens (including phenoxy) is 3. The second-order valence-corrected chi connectivity index (χ2v) is 9.34. The SMILES string of the molecule is CC(C)(C)OC(=O)OC(CNC(=O)OCC(O)CC(N)c1ccccc1)CC(N)c1ccccc1. The van der Waals surface area contributed by atoms with Crippen molar-refractivity contribution in [3.05, 3.63) is 71.8 Å². The number of aliphatic hydroxyl groups excluding tert-OH is 1. The van der Waals surface area contributed by atoms with E-state index in [-0.39, 0.29) is 32.0 Å². The van der Waals surface area contributed by atoms with Crippen LogP contribution in [0.25, 0.3) is 0 Å². The Bertz CT molecular complexity index is 904. The average molecular weight is 488 g/mol. The molecule has 1 amide bonds. The quantitative estimate of drug-likeness (QED) is 0.352. The number of nitrogens with one attached hydrogen (secondary N) is 1. The average Bonchev–Trinajstić information content (AvgIpc) is 2.81. The molecule has 9 nitrogen and oxygen atoms in total. The van der Waals surface area contributed by atoms with E-state index < -0.39 is 36.1 Å².